The quantitative estimate of drug-likeness (QED) is 0.851. The average Bonchev–Trinajstić information content (AvgIpc) is 2.32. The van der Waals surface area contributed by atoms with Crippen LogP contribution in [0.3, 0.4) is 0 Å². The van der Waals surface area contributed by atoms with Crippen LogP contribution < -0.4 is 10.2 Å². The van der Waals surface area contributed by atoms with Gasteiger partial charge in [-0.2, -0.15) is 8.78 Å². The highest BCUT2D eigenvalue weighted by atomic mass is 32.2. The van der Waals surface area contributed by atoms with Crippen LogP contribution in [0.25, 0.3) is 0 Å². The summed E-state index contributed by atoms with van der Waals surface area (Å²) in [5, 5.41) is 3.40. The second-order valence-corrected chi connectivity index (χ2v) is 5.69. The van der Waals surface area contributed by atoms with Crippen LogP contribution in [0.15, 0.2) is 29.2 Å². The van der Waals surface area contributed by atoms with Gasteiger partial charge >= 0.3 is 0 Å². The molecular weight excluding hydrogens is 254 g/mol. The number of halogens is 2. The van der Waals surface area contributed by atoms with Crippen LogP contribution in [0.1, 0.15) is 13.8 Å². The molecule has 1 heterocycles. The van der Waals surface area contributed by atoms with Crippen LogP contribution in [-0.2, 0) is 0 Å². The number of alkyl halides is 2. The molecule has 1 aromatic rings. The Morgan fingerprint density at radius 3 is 2.78 bits per heavy atom. The lowest BCUT2D eigenvalue weighted by Crippen LogP contribution is -2.54. The molecule has 18 heavy (non-hydrogen) atoms. The molecule has 0 saturated carbocycles. The third-order valence-corrected chi connectivity index (χ3v) is 3.93. The van der Waals surface area contributed by atoms with Crippen molar-refractivity contribution >= 4 is 17.4 Å². The third kappa shape index (κ3) is 3.14. The molecule has 1 aliphatic heterocycles. The summed E-state index contributed by atoms with van der Waals surface area (Å²) in [6, 6.07) is 8.12. The van der Waals surface area contributed by atoms with E-state index >= 15 is 0 Å². The molecule has 0 bridgehead atoms. The molecule has 100 valence electrons. The van der Waals surface area contributed by atoms with E-state index in [-0.39, 0.29) is 0 Å². The van der Waals surface area contributed by atoms with Crippen molar-refractivity contribution < 1.29 is 8.78 Å². The Kier molecular flexibility index (Phi) is 4.45. The van der Waals surface area contributed by atoms with Crippen LogP contribution in [0, 0.1) is 0 Å². The molecule has 5 heteroatoms. The highest BCUT2D eigenvalue weighted by Gasteiger charge is 2.24. The lowest BCUT2D eigenvalue weighted by Gasteiger charge is -2.40. The largest absolute Gasteiger partial charge is 0.365 e. The van der Waals surface area contributed by atoms with Crippen LogP contribution in [0.2, 0.25) is 0 Å². The molecule has 0 aliphatic carbocycles. The van der Waals surface area contributed by atoms with Gasteiger partial charge in [0.1, 0.15) is 0 Å². The number of benzene rings is 1. The number of thioether (sulfide) groups is 1. The molecule has 2 rings (SSSR count). The van der Waals surface area contributed by atoms with E-state index in [0.717, 1.165) is 18.8 Å². The molecule has 1 N–H and O–H groups in total. The van der Waals surface area contributed by atoms with Crippen molar-refractivity contribution in [2.45, 2.75) is 36.6 Å². The Hall–Kier alpha value is -0.810. The van der Waals surface area contributed by atoms with E-state index < -0.39 is 5.76 Å². The number of hydrogen-bond acceptors (Lipinski definition) is 3. The van der Waals surface area contributed by atoms with Crippen molar-refractivity contribution in [3.8, 4) is 0 Å². The fourth-order valence-electron chi connectivity index (χ4n) is 2.25. The topological polar surface area (TPSA) is 15.3 Å². The van der Waals surface area contributed by atoms with E-state index in [4.69, 9.17) is 0 Å². The Bertz CT molecular complexity index is 400. The van der Waals surface area contributed by atoms with Gasteiger partial charge in [0.15, 0.2) is 0 Å². The summed E-state index contributed by atoms with van der Waals surface area (Å²) in [7, 11) is 0. The Morgan fingerprint density at radius 2 is 2.06 bits per heavy atom. The number of piperazine rings is 1. The van der Waals surface area contributed by atoms with Crippen LogP contribution >= 0.6 is 11.8 Å². The first-order chi connectivity index (χ1) is 8.58. The standard InChI is InChI=1S/C13H18F2N2S/c1-9-8-17(10(2)7-16-9)11-5-3-4-6-12(11)18-13(14)15/h3-6,9-10,13,16H,7-8H2,1-2H3. The number of hydrogen-bond donors (Lipinski definition) is 1. The second kappa shape index (κ2) is 5.89. The van der Waals surface area contributed by atoms with Gasteiger partial charge in [0.25, 0.3) is 5.76 Å². The summed E-state index contributed by atoms with van der Waals surface area (Å²) >= 11 is 0.627. The van der Waals surface area contributed by atoms with E-state index in [1.165, 1.54) is 0 Å². The first-order valence-electron chi connectivity index (χ1n) is 6.12. The van der Waals surface area contributed by atoms with Gasteiger partial charge in [-0.25, -0.2) is 0 Å². The van der Waals surface area contributed by atoms with Gasteiger partial charge in [-0.3, -0.25) is 0 Å². The Morgan fingerprint density at radius 1 is 1.33 bits per heavy atom. The van der Waals surface area contributed by atoms with Crippen LogP contribution in [0.4, 0.5) is 14.5 Å². The molecule has 0 amide bonds. The second-order valence-electron chi connectivity index (χ2n) is 4.66. The van der Waals surface area contributed by atoms with E-state index in [1.807, 2.05) is 18.2 Å². The highest BCUT2D eigenvalue weighted by molar-refractivity contribution is 7.99. The first-order valence-corrected chi connectivity index (χ1v) is 6.99. The minimum atomic E-state index is -2.37. The van der Waals surface area contributed by atoms with Crippen molar-refractivity contribution in [1.82, 2.24) is 5.32 Å². The molecule has 2 atom stereocenters. The monoisotopic (exact) mass is 272 g/mol. The van der Waals surface area contributed by atoms with Gasteiger partial charge in [-0.05, 0) is 26.0 Å². The maximum Gasteiger partial charge on any atom is 0.288 e. The van der Waals surface area contributed by atoms with Crippen molar-refractivity contribution in [1.29, 1.82) is 0 Å². The van der Waals surface area contributed by atoms with E-state index in [0.29, 0.717) is 28.7 Å². The van der Waals surface area contributed by atoms with Crippen molar-refractivity contribution in [2.24, 2.45) is 0 Å². The predicted molar refractivity (Wildman–Crippen MR) is 72.6 cm³/mol. The molecule has 1 fully saturated rings. The Balaban J connectivity index is 2.25. The molecular formula is C13H18F2N2S. The third-order valence-electron chi connectivity index (χ3n) is 3.16. The van der Waals surface area contributed by atoms with E-state index in [2.05, 4.69) is 24.1 Å². The highest BCUT2D eigenvalue weighted by Crippen LogP contribution is 2.35. The summed E-state index contributed by atoms with van der Waals surface area (Å²) in [6.45, 7) is 5.96. The minimum Gasteiger partial charge on any atom is -0.365 e. The van der Waals surface area contributed by atoms with Crippen molar-refractivity contribution in [3.63, 3.8) is 0 Å². The van der Waals surface area contributed by atoms with E-state index in [1.54, 1.807) is 6.07 Å². The maximum atomic E-state index is 12.6. The molecule has 1 aliphatic rings. The first kappa shape index (κ1) is 13.6. The normalized spacial score (nSPS) is 24.6. The predicted octanol–water partition coefficient (Wildman–Crippen LogP) is 3.19. The van der Waals surface area contributed by atoms with Crippen molar-refractivity contribution in [2.75, 3.05) is 18.0 Å². The number of nitrogens with one attached hydrogen (secondary N) is 1. The van der Waals surface area contributed by atoms with Crippen molar-refractivity contribution in [3.05, 3.63) is 24.3 Å². The fourth-order valence-corrected chi connectivity index (χ4v) is 2.90. The minimum absolute atomic E-state index is 0.320. The van der Waals surface area contributed by atoms with Gasteiger partial charge < -0.3 is 10.2 Å². The summed E-state index contributed by atoms with van der Waals surface area (Å²) in [4.78, 5) is 2.87. The number of anilines is 1. The van der Waals surface area contributed by atoms with Crippen LogP contribution in [0.5, 0.6) is 0 Å². The summed E-state index contributed by atoms with van der Waals surface area (Å²) < 4.78 is 25.1. The molecule has 0 spiro atoms. The number of para-hydroxylation sites is 1. The summed E-state index contributed by atoms with van der Waals surface area (Å²) in [6.07, 6.45) is 0. The zero-order valence-corrected chi connectivity index (χ0v) is 11.4. The average molecular weight is 272 g/mol. The zero-order valence-electron chi connectivity index (χ0n) is 10.6. The van der Waals surface area contributed by atoms with Gasteiger partial charge in [-0.15, -0.1) is 0 Å². The van der Waals surface area contributed by atoms with Gasteiger partial charge in [0, 0.05) is 30.1 Å². The SMILES string of the molecule is CC1CN(c2ccccc2SC(F)F)C(C)CN1. The molecule has 0 aromatic heterocycles. The molecule has 2 unspecified atom stereocenters. The van der Waals surface area contributed by atoms with Gasteiger partial charge in [0.2, 0.25) is 0 Å². The Labute approximate surface area is 111 Å². The lowest BCUT2D eigenvalue weighted by molar-refractivity contribution is 0.252. The zero-order chi connectivity index (χ0) is 13.1. The molecule has 2 nitrogen and oxygen atoms in total. The number of nitrogens with zero attached hydrogens (tertiary/aromatic N) is 1. The smallest absolute Gasteiger partial charge is 0.288 e. The molecule has 1 saturated heterocycles. The van der Waals surface area contributed by atoms with Gasteiger partial charge in [-0.1, -0.05) is 23.9 Å². The summed E-state index contributed by atoms with van der Waals surface area (Å²) in [5.74, 6) is -2.37. The van der Waals surface area contributed by atoms with Crippen LogP contribution in [-0.4, -0.2) is 30.9 Å². The number of rotatable bonds is 3. The fraction of sp³-hybridized carbons (Fsp3) is 0.538. The molecule has 0 radical (unpaired) electrons. The lowest BCUT2D eigenvalue weighted by atomic mass is 10.1. The molecule has 1 aromatic carbocycles. The van der Waals surface area contributed by atoms with Gasteiger partial charge in [0.05, 0.1) is 5.69 Å². The maximum absolute atomic E-state index is 12.6. The van der Waals surface area contributed by atoms with E-state index in [9.17, 15) is 8.78 Å². The summed E-state index contributed by atoms with van der Waals surface area (Å²) in [5.41, 5.74) is 0.920.